The Balaban J connectivity index is 1.88. The van der Waals surface area contributed by atoms with Gasteiger partial charge in [0, 0.05) is 6.54 Å². The zero-order valence-electron chi connectivity index (χ0n) is 17.1. The number of fused-ring (bicyclic) bond motifs is 1. The van der Waals surface area contributed by atoms with Crippen molar-refractivity contribution in [2.75, 3.05) is 5.75 Å². The Bertz CT molecular complexity index is 1210. The molecule has 3 aromatic rings. The van der Waals surface area contributed by atoms with Crippen LogP contribution in [0.4, 0.5) is 0 Å². The molecule has 3 rings (SSSR count). The summed E-state index contributed by atoms with van der Waals surface area (Å²) in [7, 11) is -3.59. The number of rotatable bonds is 9. The number of thiazole rings is 1. The number of sulfone groups is 1. The van der Waals surface area contributed by atoms with Gasteiger partial charge in [0.25, 0.3) is 5.91 Å². The van der Waals surface area contributed by atoms with Crippen molar-refractivity contribution in [3.63, 3.8) is 0 Å². The molecule has 0 aliphatic carbocycles. The SMILES string of the molecule is C=CCn1c(=NC(=O)CS(=O)(=O)Cc2ccccc2)sc2cc(CCCC)ccc21. The van der Waals surface area contributed by atoms with E-state index in [1.54, 1.807) is 30.3 Å². The Labute approximate surface area is 181 Å². The summed E-state index contributed by atoms with van der Waals surface area (Å²) in [6, 6.07) is 15.1. The number of hydrogen-bond donors (Lipinski definition) is 0. The molecule has 7 heteroatoms. The summed E-state index contributed by atoms with van der Waals surface area (Å²) in [5.74, 6) is -1.43. The third kappa shape index (κ3) is 5.77. The quantitative estimate of drug-likeness (QED) is 0.465. The highest BCUT2D eigenvalue weighted by Gasteiger charge is 2.18. The molecule has 0 spiro atoms. The molecule has 0 saturated carbocycles. The summed E-state index contributed by atoms with van der Waals surface area (Å²) in [6.07, 6.45) is 5.01. The first kappa shape index (κ1) is 22.2. The Hall–Kier alpha value is -2.51. The van der Waals surface area contributed by atoms with Crippen molar-refractivity contribution < 1.29 is 13.2 Å². The third-order valence-electron chi connectivity index (χ3n) is 4.67. The molecule has 1 amide bonds. The Morgan fingerprint density at radius 1 is 1.17 bits per heavy atom. The van der Waals surface area contributed by atoms with Crippen LogP contribution < -0.4 is 4.80 Å². The first-order chi connectivity index (χ1) is 14.4. The van der Waals surface area contributed by atoms with E-state index in [1.165, 1.54) is 16.9 Å². The van der Waals surface area contributed by atoms with Gasteiger partial charge in [-0.3, -0.25) is 4.79 Å². The lowest BCUT2D eigenvalue weighted by Gasteiger charge is -2.03. The van der Waals surface area contributed by atoms with E-state index in [0.29, 0.717) is 16.9 Å². The van der Waals surface area contributed by atoms with Gasteiger partial charge in [-0.2, -0.15) is 4.99 Å². The van der Waals surface area contributed by atoms with E-state index in [4.69, 9.17) is 0 Å². The van der Waals surface area contributed by atoms with E-state index in [1.807, 2.05) is 16.7 Å². The minimum atomic E-state index is -3.59. The summed E-state index contributed by atoms with van der Waals surface area (Å²) >= 11 is 1.40. The van der Waals surface area contributed by atoms with E-state index in [0.717, 1.165) is 29.5 Å². The summed E-state index contributed by atoms with van der Waals surface area (Å²) in [4.78, 5) is 17.1. The number of carbonyl (C=O) groups is 1. The van der Waals surface area contributed by atoms with Gasteiger partial charge in [0.2, 0.25) is 0 Å². The second-order valence-corrected chi connectivity index (χ2v) is 10.3. The van der Waals surface area contributed by atoms with Crippen molar-refractivity contribution in [2.45, 2.75) is 38.5 Å². The predicted octanol–water partition coefficient (Wildman–Crippen LogP) is 4.27. The number of allylic oxidation sites excluding steroid dienone is 1. The molecule has 0 radical (unpaired) electrons. The first-order valence-corrected chi connectivity index (χ1v) is 12.6. The van der Waals surface area contributed by atoms with Crippen LogP contribution in [0, 0.1) is 0 Å². The first-order valence-electron chi connectivity index (χ1n) is 9.97. The zero-order chi connectivity index (χ0) is 21.6. The highest BCUT2D eigenvalue weighted by molar-refractivity contribution is 7.91. The van der Waals surface area contributed by atoms with E-state index < -0.39 is 21.5 Å². The van der Waals surface area contributed by atoms with Gasteiger partial charge in [0.05, 0.1) is 16.0 Å². The highest BCUT2D eigenvalue weighted by atomic mass is 32.2. The molecule has 2 aromatic carbocycles. The second-order valence-electron chi connectivity index (χ2n) is 7.21. The number of amides is 1. The molecule has 1 heterocycles. The summed E-state index contributed by atoms with van der Waals surface area (Å²) in [5.41, 5.74) is 2.88. The van der Waals surface area contributed by atoms with E-state index in [2.05, 4.69) is 30.6 Å². The molecule has 0 unspecified atom stereocenters. The number of carbonyl (C=O) groups excluding carboxylic acids is 1. The molecule has 0 atom stereocenters. The predicted molar refractivity (Wildman–Crippen MR) is 123 cm³/mol. The lowest BCUT2D eigenvalue weighted by Crippen LogP contribution is -2.21. The Morgan fingerprint density at radius 3 is 2.63 bits per heavy atom. The maximum Gasteiger partial charge on any atom is 0.263 e. The van der Waals surface area contributed by atoms with Crippen LogP contribution in [0.25, 0.3) is 10.2 Å². The van der Waals surface area contributed by atoms with Gasteiger partial charge in [-0.15, -0.1) is 6.58 Å². The highest BCUT2D eigenvalue weighted by Crippen LogP contribution is 2.20. The standard InChI is InChI=1S/C23H26N2O3S2/c1-3-5-9-18-12-13-20-21(15-18)29-23(25(20)14-4-2)24-22(26)17-30(27,28)16-19-10-7-6-8-11-19/h4,6-8,10-13,15H,2-3,5,9,14,16-17H2,1H3. The summed E-state index contributed by atoms with van der Waals surface area (Å²) < 4.78 is 27.8. The van der Waals surface area contributed by atoms with Gasteiger partial charge >= 0.3 is 0 Å². The van der Waals surface area contributed by atoms with Gasteiger partial charge in [-0.05, 0) is 36.1 Å². The zero-order valence-corrected chi connectivity index (χ0v) is 18.7. The van der Waals surface area contributed by atoms with Crippen LogP contribution >= 0.6 is 11.3 Å². The maximum absolute atomic E-state index is 12.5. The van der Waals surface area contributed by atoms with Crippen LogP contribution in [0.2, 0.25) is 0 Å². The fourth-order valence-corrected chi connectivity index (χ4v) is 5.61. The second kappa shape index (κ2) is 10.00. The molecule has 5 nitrogen and oxygen atoms in total. The van der Waals surface area contributed by atoms with Crippen LogP contribution in [0.1, 0.15) is 30.9 Å². The fraction of sp³-hybridized carbons (Fsp3) is 0.304. The van der Waals surface area contributed by atoms with Gasteiger partial charge in [0.15, 0.2) is 14.6 Å². The molecule has 0 saturated heterocycles. The van der Waals surface area contributed by atoms with Crippen molar-refractivity contribution in [3.8, 4) is 0 Å². The molecular formula is C23H26N2O3S2. The number of benzene rings is 2. The largest absolute Gasteiger partial charge is 0.313 e. The van der Waals surface area contributed by atoms with Gasteiger partial charge in [0.1, 0.15) is 5.75 Å². The molecule has 158 valence electrons. The average molecular weight is 443 g/mol. The molecule has 30 heavy (non-hydrogen) atoms. The van der Waals surface area contributed by atoms with E-state index >= 15 is 0 Å². The monoisotopic (exact) mass is 442 g/mol. The third-order valence-corrected chi connectivity index (χ3v) is 7.17. The Morgan fingerprint density at radius 2 is 1.93 bits per heavy atom. The van der Waals surface area contributed by atoms with E-state index in [9.17, 15) is 13.2 Å². The normalized spacial score (nSPS) is 12.4. The van der Waals surface area contributed by atoms with Crippen LogP contribution in [0.3, 0.4) is 0 Å². The minimum absolute atomic E-state index is 0.172. The molecule has 0 aliphatic heterocycles. The number of unbranched alkanes of at least 4 members (excludes halogenated alkanes) is 1. The number of aromatic nitrogens is 1. The molecule has 0 aliphatic rings. The van der Waals surface area contributed by atoms with Crippen molar-refractivity contribution >= 4 is 37.3 Å². The van der Waals surface area contributed by atoms with Crippen molar-refractivity contribution in [3.05, 3.63) is 77.1 Å². The van der Waals surface area contributed by atoms with Crippen LogP contribution in [0.15, 0.2) is 66.2 Å². The van der Waals surface area contributed by atoms with Gasteiger partial charge in [-0.25, -0.2) is 8.42 Å². The van der Waals surface area contributed by atoms with Crippen LogP contribution in [0.5, 0.6) is 0 Å². The topological polar surface area (TPSA) is 68.5 Å². The summed E-state index contributed by atoms with van der Waals surface area (Å²) in [5, 5.41) is 0. The fourth-order valence-electron chi connectivity index (χ4n) is 3.25. The van der Waals surface area contributed by atoms with E-state index in [-0.39, 0.29) is 5.75 Å². The maximum atomic E-state index is 12.5. The molecule has 0 N–H and O–H groups in total. The number of aryl methyl sites for hydroxylation is 1. The van der Waals surface area contributed by atoms with Gasteiger partial charge in [-0.1, -0.05) is 67.2 Å². The lowest BCUT2D eigenvalue weighted by molar-refractivity contribution is -0.115. The average Bonchev–Trinajstić information content (AvgIpc) is 3.02. The molecule has 1 aromatic heterocycles. The smallest absolute Gasteiger partial charge is 0.263 e. The molecular weight excluding hydrogens is 416 g/mol. The molecule has 0 fully saturated rings. The van der Waals surface area contributed by atoms with Gasteiger partial charge < -0.3 is 4.57 Å². The number of nitrogens with zero attached hydrogens (tertiary/aromatic N) is 2. The van der Waals surface area contributed by atoms with Crippen molar-refractivity contribution in [2.24, 2.45) is 4.99 Å². The van der Waals surface area contributed by atoms with Crippen LogP contribution in [-0.4, -0.2) is 24.6 Å². The Kier molecular flexibility index (Phi) is 7.39. The minimum Gasteiger partial charge on any atom is -0.313 e. The van der Waals surface area contributed by atoms with Crippen molar-refractivity contribution in [1.29, 1.82) is 0 Å². The number of hydrogen-bond acceptors (Lipinski definition) is 4. The molecule has 0 bridgehead atoms. The lowest BCUT2D eigenvalue weighted by atomic mass is 10.1. The van der Waals surface area contributed by atoms with Crippen molar-refractivity contribution in [1.82, 2.24) is 4.57 Å². The van der Waals surface area contributed by atoms with Crippen LogP contribution in [-0.2, 0) is 33.4 Å². The summed E-state index contributed by atoms with van der Waals surface area (Å²) in [6.45, 7) is 6.45.